The number of halogens is 1. The highest BCUT2D eigenvalue weighted by Crippen LogP contribution is 2.42. The average molecular weight is 358 g/mol. The van der Waals surface area contributed by atoms with Crippen molar-refractivity contribution in [2.45, 2.75) is 0 Å². The predicted octanol–water partition coefficient (Wildman–Crippen LogP) is 3.38. The van der Waals surface area contributed by atoms with Crippen molar-refractivity contribution in [1.82, 2.24) is 4.98 Å². The summed E-state index contributed by atoms with van der Waals surface area (Å²) < 4.78 is 16.0. The first-order chi connectivity index (χ1) is 9.62. The summed E-state index contributed by atoms with van der Waals surface area (Å²) in [6.45, 7) is 0. The van der Waals surface area contributed by atoms with E-state index in [0.29, 0.717) is 20.3 Å². The first-order valence-electron chi connectivity index (χ1n) is 5.58. The van der Waals surface area contributed by atoms with Gasteiger partial charge >= 0.3 is 5.97 Å². The van der Waals surface area contributed by atoms with E-state index in [1.54, 1.807) is 20.3 Å². The number of rotatable bonds is 4. The molecule has 1 heterocycles. The van der Waals surface area contributed by atoms with Crippen LogP contribution in [0.1, 0.15) is 10.5 Å². The number of methoxy groups -OCH3 is 3. The normalized spacial score (nSPS) is 10.2. The summed E-state index contributed by atoms with van der Waals surface area (Å²) in [6.07, 6.45) is 0. The summed E-state index contributed by atoms with van der Waals surface area (Å²) in [6, 6.07) is 5.45. The quantitative estimate of drug-likeness (QED) is 0.785. The maximum Gasteiger partial charge on any atom is 0.358 e. The third-order valence-electron chi connectivity index (χ3n) is 2.63. The molecule has 0 atom stereocenters. The third-order valence-corrected chi connectivity index (χ3v) is 4.17. The van der Waals surface area contributed by atoms with Gasteiger partial charge in [0.25, 0.3) is 0 Å². The zero-order chi connectivity index (χ0) is 14.7. The lowest BCUT2D eigenvalue weighted by atomic mass is 10.1. The molecule has 2 aromatic rings. The Morgan fingerprint density at radius 2 is 2.00 bits per heavy atom. The molecule has 0 spiro atoms. The van der Waals surface area contributed by atoms with Crippen molar-refractivity contribution in [2.75, 3.05) is 21.3 Å². The van der Waals surface area contributed by atoms with Crippen molar-refractivity contribution in [3.63, 3.8) is 0 Å². The van der Waals surface area contributed by atoms with E-state index in [9.17, 15) is 4.79 Å². The molecule has 2 rings (SSSR count). The summed E-state index contributed by atoms with van der Waals surface area (Å²) in [5, 5.41) is 0. The standard InChI is InChI=1S/C13H12BrNO4S/c1-17-8-6-4-5-7(10(8)18-2)11-9(12(16)19-3)15-13(14)20-11/h4-6H,1-3H3. The lowest BCUT2D eigenvalue weighted by Crippen LogP contribution is -2.03. The molecule has 0 saturated heterocycles. The van der Waals surface area contributed by atoms with Crippen LogP contribution in [0.3, 0.4) is 0 Å². The number of esters is 1. The van der Waals surface area contributed by atoms with Crippen LogP contribution >= 0.6 is 27.3 Å². The Morgan fingerprint density at radius 1 is 1.25 bits per heavy atom. The number of para-hydroxylation sites is 1. The highest BCUT2D eigenvalue weighted by molar-refractivity contribution is 9.11. The summed E-state index contributed by atoms with van der Waals surface area (Å²) in [5.74, 6) is 0.647. The van der Waals surface area contributed by atoms with Crippen molar-refractivity contribution in [2.24, 2.45) is 0 Å². The van der Waals surface area contributed by atoms with Crippen molar-refractivity contribution in [3.8, 4) is 21.9 Å². The Morgan fingerprint density at radius 3 is 2.60 bits per heavy atom. The minimum absolute atomic E-state index is 0.246. The van der Waals surface area contributed by atoms with Crippen molar-refractivity contribution < 1.29 is 19.0 Å². The van der Waals surface area contributed by atoms with Crippen LogP contribution in [-0.4, -0.2) is 32.3 Å². The monoisotopic (exact) mass is 357 g/mol. The smallest absolute Gasteiger partial charge is 0.358 e. The van der Waals surface area contributed by atoms with E-state index in [1.165, 1.54) is 18.4 Å². The highest BCUT2D eigenvalue weighted by atomic mass is 79.9. The number of carbonyl (C=O) groups excluding carboxylic acids is 1. The Kier molecular flexibility index (Phi) is 4.61. The van der Waals surface area contributed by atoms with E-state index in [4.69, 9.17) is 14.2 Å². The van der Waals surface area contributed by atoms with Crippen LogP contribution in [0.4, 0.5) is 0 Å². The fourth-order valence-corrected chi connectivity index (χ4v) is 3.24. The van der Waals surface area contributed by atoms with Crippen LogP contribution in [-0.2, 0) is 4.74 Å². The molecule has 0 aliphatic heterocycles. The van der Waals surface area contributed by atoms with Crippen LogP contribution in [0.25, 0.3) is 10.4 Å². The van der Waals surface area contributed by atoms with Gasteiger partial charge in [-0.2, -0.15) is 0 Å². The van der Waals surface area contributed by atoms with Gasteiger partial charge < -0.3 is 14.2 Å². The van der Waals surface area contributed by atoms with E-state index in [0.717, 1.165) is 5.56 Å². The Balaban J connectivity index is 2.65. The second-order valence-corrected chi connectivity index (χ2v) is 5.95. The SMILES string of the molecule is COC(=O)c1nc(Br)sc1-c1cccc(OC)c1OC. The topological polar surface area (TPSA) is 57.7 Å². The summed E-state index contributed by atoms with van der Waals surface area (Å²) in [5.41, 5.74) is 0.978. The molecule has 0 saturated carbocycles. The number of benzene rings is 1. The van der Waals surface area contributed by atoms with Crippen molar-refractivity contribution in [1.29, 1.82) is 0 Å². The first-order valence-corrected chi connectivity index (χ1v) is 7.19. The van der Waals surface area contributed by atoms with Crippen LogP contribution in [0.5, 0.6) is 11.5 Å². The minimum atomic E-state index is -0.494. The number of carbonyl (C=O) groups is 1. The lowest BCUT2D eigenvalue weighted by Gasteiger charge is -2.11. The highest BCUT2D eigenvalue weighted by Gasteiger charge is 2.23. The van der Waals surface area contributed by atoms with Gasteiger partial charge in [-0.15, -0.1) is 11.3 Å². The maximum atomic E-state index is 11.8. The van der Waals surface area contributed by atoms with Gasteiger partial charge in [0, 0.05) is 5.56 Å². The molecule has 0 fully saturated rings. The van der Waals surface area contributed by atoms with E-state index in [2.05, 4.69) is 20.9 Å². The second-order valence-electron chi connectivity index (χ2n) is 3.68. The van der Waals surface area contributed by atoms with Crippen LogP contribution in [0.15, 0.2) is 22.1 Å². The molecule has 1 aromatic carbocycles. The molecule has 20 heavy (non-hydrogen) atoms. The van der Waals surface area contributed by atoms with Gasteiger partial charge in [-0.3, -0.25) is 0 Å². The van der Waals surface area contributed by atoms with E-state index in [-0.39, 0.29) is 5.69 Å². The van der Waals surface area contributed by atoms with Crippen molar-refractivity contribution >= 4 is 33.2 Å². The van der Waals surface area contributed by atoms with Crippen molar-refractivity contribution in [3.05, 3.63) is 27.8 Å². The molecule has 106 valence electrons. The van der Waals surface area contributed by atoms with Gasteiger partial charge in [0.15, 0.2) is 21.1 Å². The zero-order valence-corrected chi connectivity index (χ0v) is 13.5. The lowest BCUT2D eigenvalue weighted by molar-refractivity contribution is 0.0595. The minimum Gasteiger partial charge on any atom is -0.493 e. The average Bonchev–Trinajstić information content (AvgIpc) is 2.87. The molecule has 0 N–H and O–H groups in total. The molecule has 1 aromatic heterocycles. The number of hydrogen-bond donors (Lipinski definition) is 0. The third kappa shape index (κ3) is 2.64. The van der Waals surface area contributed by atoms with Gasteiger partial charge in [0.2, 0.25) is 0 Å². The fraction of sp³-hybridized carbons (Fsp3) is 0.231. The second kappa shape index (κ2) is 6.23. The first kappa shape index (κ1) is 14.8. The fourth-order valence-electron chi connectivity index (χ4n) is 1.78. The van der Waals surface area contributed by atoms with E-state index in [1.807, 2.05) is 12.1 Å². The summed E-state index contributed by atoms with van der Waals surface area (Å²) in [7, 11) is 4.43. The number of hydrogen-bond acceptors (Lipinski definition) is 6. The number of ether oxygens (including phenoxy) is 3. The van der Waals surface area contributed by atoms with Gasteiger partial charge in [-0.25, -0.2) is 9.78 Å². The summed E-state index contributed by atoms with van der Waals surface area (Å²) in [4.78, 5) is 16.6. The molecule has 0 amide bonds. The Hall–Kier alpha value is -1.60. The van der Waals surface area contributed by atoms with Crippen LogP contribution in [0, 0.1) is 0 Å². The molecular weight excluding hydrogens is 346 g/mol. The van der Waals surface area contributed by atoms with Gasteiger partial charge in [0.05, 0.1) is 26.2 Å². The van der Waals surface area contributed by atoms with Gasteiger partial charge in [0.1, 0.15) is 0 Å². The molecule has 5 nitrogen and oxygen atoms in total. The summed E-state index contributed by atoms with van der Waals surface area (Å²) >= 11 is 4.62. The molecule has 0 aliphatic rings. The predicted molar refractivity (Wildman–Crippen MR) is 79.7 cm³/mol. The van der Waals surface area contributed by atoms with E-state index < -0.39 is 5.97 Å². The van der Waals surface area contributed by atoms with Crippen LogP contribution in [0.2, 0.25) is 0 Å². The Labute approximate surface area is 128 Å². The molecule has 0 bridgehead atoms. The Bertz CT molecular complexity index is 641. The molecular formula is C13H12BrNO4S. The maximum absolute atomic E-state index is 11.8. The van der Waals surface area contributed by atoms with Gasteiger partial charge in [-0.05, 0) is 28.1 Å². The molecule has 0 unspecified atom stereocenters. The number of nitrogens with zero attached hydrogens (tertiary/aromatic N) is 1. The van der Waals surface area contributed by atoms with E-state index >= 15 is 0 Å². The largest absolute Gasteiger partial charge is 0.493 e. The van der Waals surface area contributed by atoms with Gasteiger partial charge in [-0.1, -0.05) is 6.07 Å². The zero-order valence-electron chi connectivity index (χ0n) is 11.1. The molecule has 7 heteroatoms. The molecule has 0 radical (unpaired) electrons. The number of aromatic nitrogens is 1. The van der Waals surface area contributed by atoms with Crippen LogP contribution < -0.4 is 9.47 Å². The molecule has 0 aliphatic carbocycles. The number of thiazole rings is 1.